The van der Waals surface area contributed by atoms with Gasteiger partial charge in [-0.3, -0.25) is 9.78 Å². The number of aromatic nitrogens is 2. The Labute approximate surface area is 151 Å². The molecule has 0 amide bonds. The zero-order chi connectivity index (χ0) is 18.7. The number of carbonyl (C=O) groups excluding carboxylic acids is 1. The van der Waals surface area contributed by atoms with Gasteiger partial charge >= 0.3 is 5.97 Å². The van der Waals surface area contributed by atoms with E-state index in [0.717, 1.165) is 11.3 Å². The number of benzene rings is 1. The van der Waals surface area contributed by atoms with Crippen molar-refractivity contribution < 1.29 is 14.3 Å². The largest absolute Gasteiger partial charge is 0.497 e. The molecule has 26 heavy (non-hydrogen) atoms. The minimum Gasteiger partial charge on any atom is -0.497 e. The van der Waals surface area contributed by atoms with Crippen molar-refractivity contribution in [3.05, 3.63) is 69.6 Å². The predicted molar refractivity (Wildman–Crippen MR) is 98.8 cm³/mol. The second-order valence-corrected chi connectivity index (χ2v) is 5.83. The summed E-state index contributed by atoms with van der Waals surface area (Å²) in [5.41, 5.74) is 2.40. The van der Waals surface area contributed by atoms with E-state index in [9.17, 15) is 9.59 Å². The fourth-order valence-electron chi connectivity index (χ4n) is 2.94. The van der Waals surface area contributed by atoms with E-state index in [-0.39, 0.29) is 17.7 Å². The Kier molecular flexibility index (Phi) is 5.02. The van der Waals surface area contributed by atoms with Gasteiger partial charge in [0.1, 0.15) is 11.3 Å². The van der Waals surface area contributed by atoms with E-state index in [0.29, 0.717) is 23.1 Å². The number of ether oxygens (including phenoxy) is 2. The van der Waals surface area contributed by atoms with Crippen LogP contribution in [-0.4, -0.2) is 29.2 Å². The highest BCUT2D eigenvalue weighted by atomic mass is 16.5. The molecule has 3 aromatic rings. The Hall–Kier alpha value is -3.15. The molecule has 2 aromatic heterocycles. The van der Waals surface area contributed by atoms with Crippen LogP contribution in [0.25, 0.3) is 11.0 Å². The molecule has 0 atom stereocenters. The first-order chi connectivity index (χ1) is 12.6. The number of carbonyl (C=O) groups is 1. The average molecular weight is 352 g/mol. The molecule has 0 fully saturated rings. The molecule has 0 unspecified atom stereocenters. The van der Waals surface area contributed by atoms with Crippen LogP contribution in [-0.2, 0) is 11.3 Å². The number of methoxy groups -OCH3 is 1. The molecule has 0 aliphatic carbocycles. The van der Waals surface area contributed by atoms with E-state index in [1.54, 1.807) is 37.8 Å². The number of esters is 1. The maximum atomic E-state index is 13.1. The van der Waals surface area contributed by atoms with Crippen LogP contribution >= 0.6 is 0 Å². The van der Waals surface area contributed by atoms with Gasteiger partial charge in [-0.25, -0.2) is 4.79 Å². The Morgan fingerprint density at radius 3 is 2.58 bits per heavy atom. The van der Waals surface area contributed by atoms with Crippen LogP contribution in [0.15, 0.2) is 47.4 Å². The molecule has 0 aliphatic rings. The third-order valence-corrected chi connectivity index (χ3v) is 4.25. The minimum atomic E-state index is -0.619. The van der Waals surface area contributed by atoms with E-state index >= 15 is 0 Å². The van der Waals surface area contributed by atoms with Crippen molar-refractivity contribution in [2.45, 2.75) is 20.4 Å². The summed E-state index contributed by atoms with van der Waals surface area (Å²) in [4.78, 5) is 29.8. The van der Waals surface area contributed by atoms with Gasteiger partial charge in [-0.1, -0.05) is 12.1 Å². The van der Waals surface area contributed by atoms with Crippen LogP contribution in [0.1, 0.15) is 28.4 Å². The molecule has 0 radical (unpaired) electrons. The second-order valence-electron chi connectivity index (χ2n) is 5.83. The Bertz CT molecular complexity index is 1010. The Morgan fingerprint density at radius 1 is 1.19 bits per heavy atom. The third-order valence-electron chi connectivity index (χ3n) is 4.25. The number of nitrogens with zero attached hydrogens (tertiary/aromatic N) is 2. The van der Waals surface area contributed by atoms with Gasteiger partial charge < -0.3 is 14.0 Å². The number of hydrogen-bond acceptors (Lipinski definition) is 5. The van der Waals surface area contributed by atoms with Crippen molar-refractivity contribution >= 4 is 17.0 Å². The average Bonchev–Trinajstić information content (AvgIpc) is 2.66. The van der Waals surface area contributed by atoms with Crippen LogP contribution in [0.5, 0.6) is 5.75 Å². The summed E-state index contributed by atoms with van der Waals surface area (Å²) in [6, 6.07) is 11.0. The maximum absolute atomic E-state index is 13.1. The molecule has 0 spiro atoms. The number of fused-ring (bicyclic) bond motifs is 1. The van der Waals surface area contributed by atoms with Crippen LogP contribution in [0, 0.1) is 6.92 Å². The lowest BCUT2D eigenvalue weighted by Gasteiger charge is -2.15. The van der Waals surface area contributed by atoms with E-state index in [1.165, 1.54) is 0 Å². The smallest absolute Gasteiger partial charge is 0.344 e. The molecule has 0 saturated carbocycles. The van der Waals surface area contributed by atoms with Crippen molar-refractivity contribution in [3.8, 4) is 5.75 Å². The van der Waals surface area contributed by atoms with E-state index in [1.807, 2.05) is 30.3 Å². The molecule has 134 valence electrons. The quantitative estimate of drug-likeness (QED) is 0.660. The van der Waals surface area contributed by atoms with Gasteiger partial charge in [-0.2, -0.15) is 0 Å². The normalized spacial score (nSPS) is 10.7. The lowest BCUT2D eigenvalue weighted by Crippen LogP contribution is -2.30. The van der Waals surface area contributed by atoms with Gasteiger partial charge in [0, 0.05) is 6.20 Å². The highest BCUT2D eigenvalue weighted by Gasteiger charge is 2.21. The summed E-state index contributed by atoms with van der Waals surface area (Å²) in [6.45, 7) is 3.96. The van der Waals surface area contributed by atoms with Crippen LogP contribution < -0.4 is 10.3 Å². The zero-order valence-corrected chi connectivity index (χ0v) is 15.0. The SMILES string of the molecule is CCOC(=O)c1c(C)c2ncccc2n(Cc2ccc(OC)cc2)c1=O. The lowest BCUT2D eigenvalue weighted by molar-refractivity contribution is 0.0523. The fourth-order valence-corrected chi connectivity index (χ4v) is 2.94. The molecule has 6 heteroatoms. The molecular formula is C20H20N2O4. The number of aryl methyl sites for hydroxylation is 1. The third kappa shape index (κ3) is 3.18. The maximum Gasteiger partial charge on any atom is 0.344 e. The molecule has 0 aliphatic heterocycles. The first-order valence-corrected chi connectivity index (χ1v) is 8.35. The van der Waals surface area contributed by atoms with Crippen molar-refractivity contribution in [2.75, 3.05) is 13.7 Å². The number of pyridine rings is 2. The number of hydrogen-bond donors (Lipinski definition) is 0. The highest BCUT2D eigenvalue weighted by Crippen LogP contribution is 2.19. The highest BCUT2D eigenvalue weighted by molar-refractivity contribution is 5.95. The minimum absolute atomic E-state index is 0.0339. The molecular weight excluding hydrogens is 332 g/mol. The van der Waals surface area contributed by atoms with E-state index < -0.39 is 5.97 Å². The summed E-state index contributed by atoms with van der Waals surface area (Å²) in [6.07, 6.45) is 1.65. The molecule has 0 saturated heterocycles. The van der Waals surface area contributed by atoms with E-state index in [4.69, 9.17) is 9.47 Å². The fraction of sp³-hybridized carbons (Fsp3) is 0.250. The molecule has 6 nitrogen and oxygen atoms in total. The van der Waals surface area contributed by atoms with Gasteiger partial charge in [-0.15, -0.1) is 0 Å². The van der Waals surface area contributed by atoms with E-state index in [2.05, 4.69) is 4.98 Å². The molecule has 3 rings (SSSR count). The summed E-state index contributed by atoms with van der Waals surface area (Å²) < 4.78 is 11.8. The van der Waals surface area contributed by atoms with Gasteiger partial charge in [0.2, 0.25) is 0 Å². The lowest BCUT2D eigenvalue weighted by atomic mass is 10.1. The van der Waals surface area contributed by atoms with Crippen molar-refractivity contribution in [2.24, 2.45) is 0 Å². The predicted octanol–water partition coefficient (Wildman–Crippen LogP) is 2.94. The monoisotopic (exact) mass is 352 g/mol. The molecule has 0 bridgehead atoms. The Balaban J connectivity index is 2.19. The van der Waals surface area contributed by atoms with Gasteiger partial charge in [0.15, 0.2) is 0 Å². The first kappa shape index (κ1) is 17.7. The zero-order valence-electron chi connectivity index (χ0n) is 15.0. The van der Waals surface area contributed by atoms with Crippen LogP contribution in [0.4, 0.5) is 0 Å². The van der Waals surface area contributed by atoms with Crippen LogP contribution in [0.3, 0.4) is 0 Å². The Morgan fingerprint density at radius 2 is 1.92 bits per heavy atom. The van der Waals surface area contributed by atoms with Crippen molar-refractivity contribution in [1.82, 2.24) is 9.55 Å². The van der Waals surface area contributed by atoms with Gasteiger partial charge in [0.25, 0.3) is 5.56 Å². The number of rotatable bonds is 5. The van der Waals surface area contributed by atoms with Crippen LogP contribution in [0.2, 0.25) is 0 Å². The van der Waals surface area contributed by atoms with Crippen molar-refractivity contribution in [1.29, 1.82) is 0 Å². The standard InChI is InChI=1S/C20H20N2O4/c1-4-26-20(24)17-13(2)18-16(6-5-11-21-18)22(19(17)23)12-14-7-9-15(25-3)10-8-14/h5-11H,4,12H2,1-3H3. The summed E-state index contributed by atoms with van der Waals surface area (Å²) >= 11 is 0. The van der Waals surface area contributed by atoms with Gasteiger partial charge in [-0.05, 0) is 49.2 Å². The molecule has 1 aromatic carbocycles. The topological polar surface area (TPSA) is 70.4 Å². The molecule has 0 N–H and O–H groups in total. The summed E-state index contributed by atoms with van der Waals surface area (Å²) in [5.74, 6) is 0.120. The summed E-state index contributed by atoms with van der Waals surface area (Å²) in [7, 11) is 1.60. The second kappa shape index (κ2) is 7.39. The summed E-state index contributed by atoms with van der Waals surface area (Å²) in [5, 5.41) is 0. The molecule has 2 heterocycles. The van der Waals surface area contributed by atoms with Crippen molar-refractivity contribution in [3.63, 3.8) is 0 Å². The first-order valence-electron chi connectivity index (χ1n) is 8.35. The van der Waals surface area contributed by atoms with Gasteiger partial charge in [0.05, 0.1) is 31.3 Å².